The lowest BCUT2D eigenvalue weighted by Gasteiger charge is -2.14. The Morgan fingerprint density at radius 3 is 2.66 bits per heavy atom. The van der Waals surface area contributed by atoms with Crippen LogP contribution in [-0.2, 0) is 11.3 Å². The molecule has 0 saturated carbocycles. The first-order valence-corrected chi connectivity index (χ1v) is 11.9. The van der Waals surface area contributed by atoms with Crippen LogP contribution in [0.15, 0.2) is 63.9 Å². The van der Waals surface area contributed by atoms with E-state index in [9.17, 15) is 14.0 Å². The second-order valence-corrected chi connectivity index (χ2v) is 9.40. The van der Waals surface area contributed by atoms with Crippen molar-refractivity contribution in [3.05, 3.63) is 70.1 Å². The number of nitrogens with zero attached hydrogens (tertiary/aromatic N) is 3. The molecular formula is C23H21FN4O2S2. The molecule has 2 heterocycles. The Kier molecular flexibility index (Phi) is 6.66. The first kappa shape index (κ1) is 22.2. The number of para-hydroxylation sites is 1. The Hall–Kier alpha value is -3.04. The average molecular weight is 469 g/mol. The summed E-state index contributed by atoms with van der Waals surface area (Å²) in [7, 11) is 0. The minimum absolute atomic E-state index is 0.0916. The predicted molar refractivity (Wildman–Crippen MR) is 128 cm³/mol. The first-order chi connectivity index (χ1) is 15.4. The molecule has 0 aliphatic heterocycles. The molecule has 0 fully saturated rings. The van der Waals surface area contributed by atoms with Crippen molar-refractivity contribution in [3.8, 4) is 11.3 Å². The van der Waals surface area contributed by atoms with Crippen LogP contribution in [-0.4, -0.2) is 26.2 Å². The van der Waals surface area contributed by atoms with E-state index < -0.39 is 0 Å². The summed E-state index contributed by atoms with van der Waals surface area (Å²) in [6.07, 6.45) is 0. The zero-order valence-corrected chi connectivity index (χ0v) is 19.2. The third-order valence-electron chi connectivity index (χ3n) is 4.60. The Morgan fingerprint density at radius 1 is 1.16 bits per heavy atom. The molecule has 1 amide bonds. The minimum atomic E-state index is -0.312. The molecule has 0 aliphatic carbocycles. The lowest BCUT2D eigenvalue weighted by atomic mass is 10.2. The molecule has 9 heteroatoms. The van der Waals surface area contributed by atoms with Gasteiger partial charge in [0, 0.05) is 17.5 Å². The van der Waals surface area contributed by atoms with Gasteiger partial charge < -0.3 is 5.32 Å². The molecule has 0 unspecified atom stereocenters. The lowest BCUT2D eigenvalue weighted by Crippen LogP contribution is -2.26. The van der Waals surface area contributed by atoms with Gasteiger partial charge in [0.2, 0.25) is 5.91 Å². The number of hydrogen-bond acceptors (Lipinski definition) is 6. The number of rotatable bonds is 7. The molecular weight excluding hydrogens is 447 g/mol. The number of anilines is 1. The van der Waals surface area contributed by atoms with Crippen LogP contribution in [0.4, 0.5) is 9.52 Å². The summed E-state index contributed by atoms with van der Waals surface area (Å²) in [5.74, 6) is -0.209. The smallest absolute Gasteiger partial charge is 0.262 e. The quantitative estimate of drug-likeness (QED) is 0.304. The molecule has 4 rings (SSSR count). The third-order valence-corrected chi connectivity index (χ3v) is 6.33. The van der Waals surface area contributed by atoms with E-state index in [1.54, 1.807) is 34.2 Å². The van der Waals surface area contributed by atoms with Crippen LogP contribution in [0.3, 0.4) is 0 Å². The molecule has 0 atom stereocenters. The number of nitrogens with one attached hydrogen (secondary N) is 1. The topological polar surface area (TPSA) is 76.9 Å². The van der Waals surface area contributed by atoms with Crippen molar-refractivity contribution in [3.63, 3.8) is 0 Å². The van der Waals surface area contributed by atoms with Gasteiger partial charge in [-0.3, -0.25) is 14.2 Å². The van der Waals surface area contributed by atoms with E-state index in [4.69, 9.17) is 0 Å². The zero-order valence-electron chi connectivity index (χ0n) is 17.5. The van der Waals surface area contributed by atoms with E-state index >= 15 is 0 Å². The fourth-order valence-electron chi connectivity index (χ4n) is 3.15. The summed E-state index contributed by atoms with van der Waals surface area (Å²) < 4.78 is 14.8. The number of carbonyl (C=O) groups is 1. The Balaban J connectivity index is 1.48. The molecule has 2 aromatic carbocycles. The largest absolute Gasteiger partial charge is 0.301 e. The summed E-state index contributed by atoms with van der Waals surface area (Å²) in [5.41, 5.74) is 1.95. The predicted octanol–water partition coefficient (Wildman–Crippen LogP) is 5.05. The summed E-state index contributed by atoms with van der Waals surface area (Å²) >= 11 is 2.52. The summed E-state index contributed by atoms with van der Waals surface area (Å²) in [6, 6.07) is 13.3. The van der Waals surface area contributed by atoms with Gasteiger partial charge in [-0.05, 0) is 42.3 Å². The molecule has 0 bridgehead atoms. The molecule has 0 radical (unpaired) electrons. The highest BCUT2D eigenvalue weighted by atomic mass is 32.2. The number of halogens is 1. The molecule has 2 aromatic heterocycles. The Bertz CT molecular complexity index is 1320. The van der Waals surface area contributed by atoms with Crippen molar-refractivity contribution in [2.24, 2.45) is 5.92 Å². The molecule has 1 N–H and O–H groups in total. The van der Waals surface area contributed by atoms with Crippen molar-refractivity contribution in [2.75, 3.05) is 11.1 Å². The molecule has 32 heavy (non-hydrogen) atoms. The first-order valence-electron chi connectivity index (χ1n) is 10.0. The van der Waals surface area contributed by atoms with Crippen LogP contribution >= 0.6 is 23.1 Å². The van der Waals surface area contributed by atoms with Crippen molar-refractivity contribution in [1.82, 2.24) is 14.5 Å². The second-order valence-electron chi connectivity index (χ2n) is 7.60. The normalized spacial score (nSPS) is 11.2. The van der Waals surface area contributed by atoms with Gasteiger partial charge in [-0.15, -0.1) is 11.3 Å². The molecule has 6 nitrogen and oxygen atoms in total. The highest BCUT2D eigenvalue weighted by Gasteiger charge is 2.15. The van der Waals surface area contributed by atoms with Gasteiger partial charge in [-0.25, -0.2) is 14.4 Å². The lowest BCUT2D eigenvalue weighted by molar-refractivity contribution is -0.113. The van der Waals surface area contributed by atoms with Crippen LogP contribution in [0, 0.1) is 11.7 Å². The third kappa shape index (κ3) is 5.05. The summed E-state index contributed by atoms with van der Waals surface area (Å²) in [5, 5.41) is 6.14. The van der Waals surface area contributed by atoms with E-state index in [1.165, 1.54) is 35.2 Å². The van der Waals surface area contributed by atoms with Crippen LogP contribution < -0.4 is 10.9 Å². The van der Waals surface area contributed by atoms with Crippen molar-refractivity contribution < 1.29 is 9.18 Å². The molecule has 0 aliphatic rings. The van der Waals surface area contributed by atoms with E-state index in [2.05, 4.69) is 15.3 Å². The van der Waals surface area contributed by atoms with E-state index in [-0.39, 0.29) is 29.0 Å². The van der Waals surface area contributed by atoms with E-state index in [0.717, 1.165) is 5.56 Å². The average Bonchev–Trinajstić information content (AvgIpc) is 3.23. The van der Waals surface area contributed by atoms with Crippen molar-refractivity contribution in [2.45, 2.75) is 25.5 Å². The van der Waals surface area contributed by atoms with Gasteiger partial charge in [0.25, 0.3) is 5.56 Å². The number of hydrogen-bond donors (Lipinski definition) is 1. The second kappa shape index (κ2) is 9.62. The maximum absolute atomic E-state index is 13.1. The number of benzene rings is 2. The highest BCUT2D eigenvalue weighted by Crippen LogP contribution is 2.25. The molecule has 0 spiro atoms. The Labute approximate surface area is 192 Å². The monoisotopic (exact) mass is 468 g/mol. The standard InChI is InChI=1S/C23H21FN4O2S2/c1-14(2)11-28-21(30)17-5-3-4-6-18(17)26-23(28)32-13-20(29)27-22-25-19(12-31-22)15-7-9-16(24)10-8-15/h3-10,12,14H,11,13H2,1-2H3,(H,25,27,29). The molecule has 164 valence electrons. The number of amides is 1. The van der Waals surface area contributed by atoms with E-state index in [1.807, 2.05) is 26.0 Å². The summed E-state index contributed by atoms with van der Waals surface area (Å²) in [4.78, 5) is 34.5. The van der Waals surface area contributed by atoms with Gasteiger partial charge in [0.15, 0.2) is 10.3 Å². The van der Waals surface area contributed by atoms with Crippen molar-refractivity contribution in [1.29, 1.82) is 0 Å². The number of aromatic nitrogens is 3. The maximum Gasteiger partial charge on any atom is 0.262 e. The van der Waals surface area contributed by atoms with Gasteiger partial charge in [-0.2, -0.15) is 0 Å². The maximum atomic E-state index is 13.1. The summed E-state index contributed by atoms with van der Waals surface area (Å²) in [6.45, 7) is 4.59. The van der Waals surface area contributed by atoms with Gasteiger partial charge in [0.05, 0.1) is 22.3 Å². The molecule has 4 aromatic rings. The zero-order chi connectivity index (χ0) is 22.7. The van der Waals surface area contributed by atoms with Gasteiger partial charge in [-0.1, -0.05) is 37.7 Å². The number of carbonyl (C=O) groups excluding carboxylic acids is 1. The van der Waals surface area contributed by atoms with Gasteiger partial charge in [0.1, 0.15) is 5.82 Å². The van der Waals surface area contributed by atoms with Crippen LogP contribution in [0.2, 0.25) is 0 Å². The fourth-order valence-corrected chi connectivity index (χ4v) is 4.70. The van der Waals surface area contributed by atoms with Crippen molar-refractivity contribution >= 4 is 45.0 Å². The fraction of sp³-hybridized carbons (Fsp3) is 0.217. The Morgan fingerprint density at radius 2 is 1.91 bits per heavy atom. The van der Waals surface area contributed by atoms with Crippen LogP contribution in [0.1, 0.15) is 13.8 Å². The number of thiazole rings is 1. The van der Waals surface area contributed by atoms with Gasteiger partial charge >= 0.3 is 0 Å². The van der Waals surface area contributed by atoms with Crippen LogP contribution in [0.25, 0.3) is 22.2 Å². The molecule has 0 saturated heterocycles. The number of fused-ring (bicyclic) bond motifs is 1. The van der Waals surface area contributed by atoms with Crippen LogP contribution in [0.5, 0.6) is 0 Å². The highest BCUT2D eigenvalue weighted by molar-refractivity contribution is 7.99. The number of thioether (sulfide) groups is 1. The van der Waals surface area contributed by atoms with E-state index in [0.29, 0.717) is 33.4 Å². The SMILES string of the molecule is CC(C)Cn1c(SCC(=O)Nc2nc(-c3ccc(F)cc3)cs2)nc2ccccc2c1=O. The minimum Gasteiger partial charge on any atom is -0.301 e.